The van der Waals surface area contributed by atoms with E-state index in [0.29, 0.717) is 11.1 Å². The smallest absolute Gasteiger partial charge is 0.338 e. The highest BCUT2D eigenvalue weighted by molar-refractivity contribution is 6.09. The van der Waals surface area contributed by atoms with Crippen molar-refractivity contribution in [2.75, 3.05) is 13.7 Å². The summed E-state index contributed by atoms with van der Waals surface area (Å²) in [6.45, 7) is 1.69. The van der Waals surface area contributed by atoms with Gasteiger partial charge in [0.25, 0.3) is 0 Å². The molecule has 138 valence electrons. The third kappa shape index (κ3) is 3.74. The van der Waals surface area contributed by atoms with E-state index in [1.807, 2.05) is 25.1 Å². The number of esters is 2. The number of ketones is 1. The Labute approximate surface area is 156 Å². The molecule has 0 atom stereocenters. The van der Waals surface area contributed by atoms with Crippen LogP contribution in [0.15, 0.2) is 48.7 Å². The zero-order chi connectivity index (χ0) is 19.4. The number of aryl methyl sites for hydroxylation is 1. The summed E-state index contributed by atoms with van der Waals surface area (Å²) >= 11 is 0. The molecule has 0 aliphatic heterocycles. The molecule has 2 aromatic carbocycles. The Morgan fingerprint density at radius 1 is 0.963 bits per heavy atom. The monoisotopic (exact) mass is 365 g/mol. The lowest BCUT2D eigenvalue weighted by atomic mass is 10.1. The summed E-state index contributed by atoms with van der Waals surface area (Å²) in [5.74, 6) is -1.40. The van der Waals surface area contributed by atoms with Crippen molar-refractivity contribution in [2.24, 2.45) is 0 Å². The van der Waals surface area contributed by atoms with Gasteiger partial charge in [0.1, 0.15) is 0 Å². The minimum Gasteiger partial charge on any atom is -0.465 e. The van der Waals surface area contributed by atoms with Gasteiger partial charge in [-0.2, -0.15) is 0 Å². The molecule has 1 heterocycles. The van der Waals surface area contributed by atoms with Gasteiger partial charge in [0.2, 0.25) is 5.78 Å². The molecular weight excluding hydrogens is 346 g/mol. The Hall–Kier alpha value is -3.41. The third-order valence-electron chi connectivity index (χ3n) is 4.36. The second kappa shape index (κ2) is 7.86. The number of rotatable bonds is 6. The van der Waals surface area contributed by atoms with Crippen LogP contribution >= 0.6 is 0 Å². The molecule has 0 unspecified atom stereocenters. The zero-order valence-electron chi connectivity index (χ0n) is 15.1. The highest BCUT2D eigenvalue weighted by Gasteiger charge is 2.16. The van der Waals surface area contributed by atoms with Gasteiger partial charge in [-0.15, -0.1) is 0 Å². The number of hydrogen-bond donors (Lipinski definition) is 1. The van der Waals surface area contributed by atoms with Crippen LogP contribution < -0.4 is 0 Å². The first-order valence-electron chi connectivity index (χ1n) is 8.52. The van der Waals surface area contributed by atoms with Crippen LogP contribution in [0.2, 0.25) is 0 Å². The molecule has 0 saturated heterocycles. The quantitative estimate of drug-likeness (QED) is 0.533. The van der Waals surface area contributed by atoms with Gasteiger partial charge >= 0.3 is 11.9 Å². The van der Waals surface area contributed by atoms with Crippen molar-refractivity contribution in [3.63, 3.8) is 0 Å². The average Bonchev–Trinajstić information content (AvgIpc) is 3.15. The maximum Gasteiger partial charge on any atom is 0.338 e. The van der Waals surface area contributed by atoms with E-state index >= 15 is 0 Å². The van der Waals surface area contributed by atoms with Gasteiger partial charge in [-0.05, 0) is 36.2 Å². The molecule has 6 heteroatoms. The van der Waals surface area contributed by atoms with Crippen molar-refractivity contribution in [1.82, 2.24) is 4.98 Å². The number of Topliss-reactive ketones (excluding diaryl/α,β-unsaturated/α-hetero) is 1. The summed E-state index contributed by atoms with van der Waals surface area (Å²) in [7, 11) is 1.28. The zero-order valence-corrected chi connectivity index (χ0v) is 15.1. The number of methoxy groups -OCH3 is 1. The summed E-state index contributed by atoms with van der Waals surface area (Å²) in [5, 5.41) is 0.817. The first kappa shape index (κ1) is 18.4. The lowest BCUT2D eigenvalue weighted by molar-refractivity contribution is 0.0474. The Morgan fingerprint density at radius 3 is 2.26 bits per heavy atom. The molecule has 3 rings (SSSR count). The predicted octanol–water partition coefficient (Wildman–Crippen LogP) is 3.56. The van der Waals surface area contributed by atoms with E-state index in [4.69, 9.17) is 4.74 Å². The van der Waals surface area contributed by atoms with Gasteiger partial charge in [0.15, 0.2) is 6.61 Å². The molecular formula is C21H19NO5. The van der Waals surface area contributed by atoms with Crippen LogP contribution in [0.5, 0.6) is 0 Å². The number of nitrogens with one attached hydrogen (secondary N) is 1. The summed E-state index contributed by atoms with van der Waals surface area (Å²) in [4.78, 5) is 39.1. The van der Waals surface area contributed by atoms with Crippen LogP contribution in [0.25, 0.3) is 10.9 Å². The fraction of sp³-hybridized carbons (Fsp3) is 0.190. The van der Waals surface area contributed by atoms with E-state index in [-0.39, 0.29) is 18.0 Å². The van der Waals surface area contributed by atoms with Gasteiger partial charge in [0.05, 0.1) is 18.2 Å². The summed E-state index contributed by atoms with van der Waals surface area (Å²) in [5.41, 5.74) is 3.12. The first-order valence-corrected chi connectivity index (χ1v) is 8.52. The number of H-pyrrole nitrogens is 1. The fourth-order valence-corrected chi connectivity index (χ4v) is 2.89. The van der Waals surface area contributed by atoms with Crippen molar-refractivity contribution < 1.29 is 23.9 Å². The molecule has 0 aliphatic carbocycles. The SMILES string of the molecule is CCc1cccc2c(C(=O)COC(=O)c3ccc(C(=O)OC)cc3)c[nH]c12. The number of benzene rings is 2. The maximum atomic E-state index is 12.5. The molecule has 1 N–H and O–H groups in total. The Kier molecular flexibility index (Phi) is 5.35. The third-order valence-corrected chi connectivity index (χ3v) is 4.36. The molecule has 0 spiro atoms. The van der Waals surface area contributed by atoms with Crippen molar-refractivity contribution in [3.05, 3.63) is 70.9 Å². The second-order valence-corrected chi connectivity index (χ2v) is 5.96. The molecule has 0 saturated carbocycles. The van der Waals surface area contributed by atoms with Crippen LogP contribution in [0.4, 0.5) is 0 Å². The van der Waals surface area contributed by atoms with Crippen molar-refractivity contribution in [2.45, 2.75) is 13.3 Å². The highest BCUT2D eigenvalue weighted by atomic mass is 16.5. The minimum absolute atomic E-state index is 0.252. The van der Waals surface area contributed by atoms with E-state index in [9.17, 15) is 14.4 Å². The summed E-state index contributed by atoms with van der Waals surface area (Å²) < 4.78 is 9.73. The molecule has 3 aromatic rings. The van der Waals surface area contributed by atoms with Crippen LogP contribution in [-0.4, -0.2) is 36.4 Å². The Balaban J connectivity index is 1.69. The lowest BCUT2D eigenvalue weighted by Gasteiger charge is -2.05. The number of ether oxygens (including phenoxy) is 2. The molecule has 0 fully saturated rings. The summed E-state index contributed by atoms with van der Waals surface area (Å²) in [6, 6.07) is 11.6. The van der Waals surface area contributed by atoms with Crippen LogP contribution in [0.1, 0.15) is 43.6 Å². The summed E-state index contributed by atoms with van der Waals surface area (Å²) in [6.07, 6.45) is 2.49. The minimum atomic E-state index is -0.631. The number of para-hydroxylation sites is 1. The van der Waals surface area contributed by atoms with Gasteiger partial charge in [0, 0.05) is 22.7 Å². The average molecular weight is 365 g/mol. The van der Waals surface area contributed by atoms with Crippen molar-refractivity contribution in [3.8, 4) is 0 Å². The number of hydrogen-bond acceptors (Lipinski definition) is 5. The number of aromatic amines is 1. The maximum absolute atomic E-state index is 12.5. The topological polar surface area (TPSA) is 85.5 Å². The van der Waals surface area contributed by atoms with E-state index in [1.165, 1.54) is 31.4 Å². The van der Waals surface area contributed by atoms with Gasteiger partial charge in [-0.25, -0.2) is 9.59 Å². The van der Waals surface area contributed by atoms with E-state index in [0.717, 1.165) is 22.9 Å². The standard InChI is InChI=1S/C21H19NO5/c1-3-13-5-4-6-16-17(11-22-19(13)16)18(23)12-27-21(25)15-9-7-14(8-10-15)20(24)26-2/h4-11,22H,3,12H2,1-2H3. The van der Waals surface area contributed by atoms with Crippen molar-refractivity contribution in [1.29, 1.82) is 0 Å². The van der Waals surface area contributed by atoms with Gasteiger partial charge in [-0.3, -0.25) is 4.79 Å². The van der Waals surface area contributed by atoms with Crippen LogP contribution in [0, 0.1) is 0 Å². The fourth-order valence-electron chi connectivity index (χ4n) is 2.89. The number of carbonyl (C=O) groups excluding carboxylic acids is 3. The van der Waals surface area contributed by atoms with Crippen LogP contribution in [0.3, 0.4) is 0 Å². The number of aromatic nitrogens is 1. The lowest BCUT2D eigenvalue weighted by Crippen LogP contribution is -2.14. The molecule has 0 aliphatic rings. The first-order chi connectivity index (χ1) is 13.0. The second-order valence-electron chi connectivity index (χ2n) is 5.96. The van der Waals surface area contributed by atoms with Gasteiger partial charge < -0.3 is 14.5 Å². The molecule has 0 amide bonds. The van der Waals surface area contributed by atoms with E-state index in [2.05, 4.69) is 9.72 Å². The highest BCUT2D eigenvalue weighted by Crippen LogP contribution is 2.22. The number of fused-ring (bicyclic) bond motifs is 1. The molecule has 0 bridgehead atoms. The van der Waals surface area contributed by atoms with E-state index in [1.54, 1.807) is 6.20 Å². The largest absolute Gasteiger partial charge is 0.465 e. The van der Waals surface area contributed by atoms with Crippen LogP contribution in [-0.2, 0) is 15.9 Å². The molecule has 6 nitrogen and oxygen atoms in total. The van der Waals surface area contributed by atoms with Gasteiger partial charge in [-0.1, -0.05) is 25.1 Å². The molecule has 27 heavy (non-hydrogen) atoms. The normalized spacial score (nSPS) is 10.6. The Bertz CT molecular complexity index is 1000. The molecule has 0 radical (unpaired) electrons. The number of carbonyl (C=O) groups is 3. The van der Waals surface area contributed by atoms with Crippen molar-refractivity contribution >= 4 is 28.6 Å². The van der Waals surface area contributed by atoms with E-state index < -0.39 is 11.9 Å². The molecule has 1 aromatic heterocycles. The Morgan fingerprint density at radius 2 is 1.63 bits per heavy atom. The predicted molar refractivity (Wildman–Crippen MR) is 100 cm³/mol.